The number of para-hydroxylation sites is 1. The van der Waals surface area contributed by atoms with Crippen molar-refractivity contribution in [2.45, 2.75) is 22.8 Å². The minimum Gasteiger partial charge on any atom is -0.468 e. The normalized spacial score (nSPS) is 15.5. The Hall–Kier alpha value is -3.05. The van der Waals surface area contributed by atoms with Crippen LogP contribution in [0.25, 0.3) is 5.82 Å². The van der Waals surface area contributed by atoms with Crippen molar-refractivity contribution in [1.29, 1.82) is 0 Å². The molecule has 0 radical (unpaired) electrons. The van der Waals surface area contributed by atoms with Crippen LogP contribution in [0, 0.1) is 0 Å². The molecule has 0 saturated heterocycles. The molecule has 162 valence electrons. The highest BCUT2D eigenvalue weighted by Crippen LogP contribution is 2.39. The first-order valence-corrected chi connectivity index (χ1v) is 11.9. The SMILES string of the molecule is CCN(c1ccccc1)S(=O)(=O)c1ccc(-n2[nH]c3c(c2=O)C(C(=O)OC)SC3)nc1. The monoisotopic (exact) mass is 460 g/mol. The first kappa shape index (κ1) is 21.2. The number of carbonyl (C=O) groups is 1. The van der Waals surface area contributed by atoms with Crippen LogP contribution in [-0.2, 0) is 25.3 Å². The van der Waals surface area contributed by atoms with Gasteiger partial charge in [-0.05, 0) is 31.2 Å². The topological polar surface area (TPSA) is 114 Å². The van der Waals surface area contributed by atoms with Gasteiger partial charge in [-0.15, -0.1) is 11.8 Å². The predicted molar refractivity (Wildman–Crippen MR) is 117 cm³/mol. The van der Waals surface area contributed by atoms with E-state index >= 15 is 0 Å². The quantitative estimate of drug-likeness (QED) is 0.561. The number of ether oxygens (including phenoxy) is 1. The number of methoxy groups -OCH3 is 1. The molecule has 31 heavy (non-hydrogen) atoms. The first-order valence-electron chi connectivity index (χ1n) is 9.46. The van der Waals surface area contributed by atoms with Gasteiger partial charge in [0.15, 0.2) is 5.82 Å². The predicted octanol–water partition coefficient (Wildman–Crippen LogP) is 2.24. The summed E-state index contributed by atoms with van der Waals surface area (Å²) in [5.74, 6) is 0.212. The van der Waals surface area contributed by atoms with Gasteiger partial charge < -0.3 is 4.74 Å². The van der Waals surface area contributed by atoms with Crippen LogP contribution in [0.5, 0.6) is 0 Å². The fourth-order valence-electron chi connectivity index (χ4n) is 3.45. The molecule has 0 aliphatic carbocycles. The highest BCUT2D eigenvalue weighted by atomic mass is 32.2. The minimum atomic E-state index is -3.82. The standard InChI is InChI=1S/C20H20N4O5S2/c1-3-23(13-7-5-4-6-8-13)31(27,28)14-9-10-16(21-11-14)24-19(25)17-15(22-24)12-30-18(17)20(26)29-2/h4-11,18,22H,3,12H2,1-2H3. The van der Waals surface area contributed by atoms with Crippen molar-refractivity contribution in [3.8, 4) is 5.82 Å². The number of rotatable bonds is 6. The summed E-state index contributed by atoms with van der Waals surface area (Å²) in [5, 5.41) is 2.27. The summed E-state index contributed by atoms with van der Waals surface area (Å²) in [6.45, 7) is 2.01. The number of H-pyrrole nitrogens is 1. The van der Waals surface area contributed by atoms with E-state index in [1.807, 2.05) is 6.07 Å². The third-order valence-electron chi connectivity index (χ3n) is 4.95. The van der Waals surface area contributed by atoms with Gasteiger partial charge in [0.05, 0.1) is 24.1 Å². The molecule has 1 N–H and O–H groups in total. The number of hydrogen-bond acceptors (Lipinski definition) is 7. The van der Waals surface area contributed by atoms with Gasteiger partial charge in [0, 0.05) is 18.5 Å². The number of benzene rings is 1. The van der Waals surface area contributed by atoms with Crippen LogP contribution >= 0.6 is 11.8 Å². The Balaban J connectivity index is 1.67. The molecule has 0 bridgehead atoms. The van der Waals surface area contributed by atoms with Gasteiger partial charge in [0.2, 0.25) is 0 Å². The second kappa shape index (κ2) is 8.23. The van der Waals surface area contributed by atoms with E-state index in [4.69, 9.17) is 4.74 Å². The van der Waals surface area contributed by atoms with Crippen molar-refractivity contribution >= 4 is 33.4 Å². The van der Waals surface area contributed by atoms with Gasteiger partial charge in [0.1, 0.15) is 10.1 Å². The van der Waals surface area contributed by atoms with Crippen molar-refractivity contribution < 1.29 is 17.9 Å². The molecule has 0 saturated carbocycles. The van der Waals surface area contributed by atoms with Crippen molar-refractivity contribution in [2.75, 3.05) is 18.0 Å². The van der Waals surface area contributed by atoms with Gasteiger partial charge in [-0.2, -0.15) is 0 Å². The fraction of sp³-hybridized carbons (Fsp3) is 0.250. The number of hydrogen-bond donors (Lipinski definition) is 1. The van der Waals surface area contributed by atoms with E-state index in [-0.39, 0.29) is 17.3 Å². The van der Waals surface area contributed by atoms with Gasteiger partial charge in [0.25, 0.3) is 15.6 Å². The van der Waals surface area contributed by atoms with Crippen molar-refractivity contribution in [2.24, 2.45) is 0 Å². The van der Waals surface area contributed by atoms with E-state index in [1.165, 1.54) is 46.2 Å². The van der Waals surface area contributed by atoms with Gasteiger partial charge in [-0.1, -0.05) is 18.2 Å². The molecule has 1 aliphatic rings. The Morgan fingerprint density at radius 3 is 2.65 bits per heavy atom. The molecular weight excluding hydrogens is 440 g/mol. The van der Waals surface area contributed by atoms with Crippen LogP contribution in [0.1, 0.15) is 23.4 Å². The zero-order chi connectivity index (χ0) is 22.2. The smallest absolute Gasteiger partial charge is 0.323 e. The third-order valence-corrected chi connectivity index (χ3v) is 8.05. The summed E-state index contributed by atoms with van der Waals surface area (Å²) in [7, 11) is -2.54. The third kappa shape index (κ3) is 3.63. The highest BCUT2D eigenvalue weighted by Gasteiger charge is 2.36. The number of thioether (sulfide) groups is 1. The summed E-state index contributed by atoms with van der Waals surface area (Å²) in [5.41, 5.74) is 1.12. The van der Waals surface area contributed by atoms with Crippen molar-refractivity contribution in [1.82, 2.24) is 14.8 Å². The average molecular weight is 461 g/mol. The molecule has 11 heteroatoms. The Bertz CT molecular complexity index is 1270. The number of nitrogens with one attached hydrogen (secondary N) is 1. The summed E-state index contributed by atoms with van der Waals surface area (Å²) >= 11 is 1.31. The average Bonchev–Trinajstić information content (AvgIpc) is 3.35. The lowest BCUT2D eigenvalue weighted by atomic mass is 10.2. The van der Waals surface area contributed by atoms with E-state index in [9.17, 15) is 18.0 Å². The number of fused-ring (bicyclic) bond motifs is 1. The summed E-state index contributed by atoms with van der Waals surface area (Å²) in [6, 6.07) is 11.7. The largest absolute Gasteiger partial charge is 0.468 e. The van der Waals surface area contributed by atoms with E-state index in [0.29, 0.717) is 22.7 Å². The van der Waals surface area contributed by atoms with Gasteiger partial charge in [-0.25, -0.2) is 18.1 Å². The second-order valence-electron chi connectivity index (χ2n) is 6.72. The molecular formula is C20H20N4O5S2. The molecule has 9 nitrogen and oxygen atoms in total. The van der Waals surface area contributed by atoms with Crippen molar-refractivity contribution in [3.63, 3.8) is 0 Å². The lowest BCUT2D eigenvalue weighted by Crippen LogP contribution is -2.31. The Morgan fingerprint density at radius 2 is 2.03 bits per heavy atom. The molecule has 0 amide bonds. The van der Waals surface area contributed by atoms with E-state index in [2.05, 4.69) is 10.1 Å². The molecule has 2 aromatic heterocycles. The number of sulfonamides is 1. The number of pyridine rings is 1. The number of aromatic amines is 1. The maximum absolute atomic E-state index is 13.1. The highest BCUT2D eigenvalue weighted by molar-refractivity contribution is 7.99. The van der Waals surface area contributed by atoms with Crippen LogP contribution in [0.15, 0.2) is 58.4 Å². The second-order valence-corrected chi connectivity index (χ2v) is 9.67. The van der Waals surface area contributed by atoms with Crippen LogP contribution in [0.3, 0.4) is 0 Å². The number of aromatic nitrogens is 3. The number of carbonyl (C=O) groups excluding carboxylic acids is 1. The summed E-state index contributed by atoms with van der Waals surface area (Å²) in [6.07, 6.45) is 1.22. The lowest BCUT2D eigenvalue weighted by molar-refractivity contribution is -0.140. The molecule has 1 aromatic carbocycles. The first-order chi connectivity index (χ1) is 14.9. The maximum Gasteiger partial charge on any atom is 0.323 e. The minimum absolute atomic E-state index is 0.0112. The number of esters is 1. The molecule has 4 rings (SSSR count). The zero-order valence-electron chi connectivity index (χ0n) is 16.8. The van der Waals surface area contributed by atoms with Crippen LogP contribution in [0.4, 0.5) is 5.69 Å². The molecule has 3 aromatic rings. The Labute approximate surface area is 183 Å². The summed E-state index contributed by atoms with van der Waals surface area (Å²) in [4.78, 5) is 29.0. The lowest BCUT2D eigenvalue weighted by Gasteiger charge is -2.22. The molecule has 1 unspecified atom stereocenters. The zero-order valence-corrected chi connectivity index (χ0v) is 18.4. The van der Waals surface area contributed by atoms with E-state index in [0.717, 1.165) is 0 Å². The fourth-order valence-corrected chi connectivity index (χ4v) is 6.07. The molecule has 1 atom stereocenters. The van der Waals surface area contributed by atoms with Crippen molar-refractivity contribution in [3.05, 3.63) is 70.3 Å². The Kier molecular flexibility index (Phi) is 5.63. The molecule has 0 spiro atoms. The van der Waals surface area contributed by atoms with Crippen LogP contribution in [0.2, 0.25) is 0 Å². The van der Waals surface area contributed by atoms with Gasteiger partial charge >= 0.3 is 5.97 Å². The number of nitrogens with zero attached hydrogens (tertiary/aromatic N) is 3. The van der Waals surface area contributed by atoms with Crippen LogP contribution in [-0.4, -0.2) is 42.8 Å². The number of anilines is 1. The molecule has 0 fully saturated rings. The van der Waals surface area contributed by atoms with E-state index in [1.54, 1.807) is 31.2 Å². The maximum atomic E-state index is 13.1. The van der Waals surface area contributed by atoms with Gasteiger partial charge in [-0.3, -0.25) is 19.0 Å². The molecule has 3 heterocycles. The van der Waals surface area contributed by atoms with Crippen LogP contribution < -0.4 is 9.86 Å². The molecule has 1 aliphatic heterocycles. The summed E-state index contributed by atoms with van der Waals surface area (Å²) < 4.78 is 33.5. The van der Waals surface area contributed by atoms with E-state index < -0.39 is 26.8 Å². The Morgan fingerprint density at radius 1 is 1.29 bits per heavy atom.